The van der Waals surface area contributed by atoms with Crippen molar-refractivity contribution in [3.8, 4) is 5.75 Å². The van der Waals surface area contributed by atoms with Gasteiger partial charge in [-0.1, -0.05) is 11.3 Å². The summed E-state index contributed by atoms with van der Waals surface area (Å²) in [5.74, 6) is -0.0806. The molecule has 1 aliphatic heterocycles. The summed E-state index contributed by atoms with van der Waals surface area (Å²) in [6, 6.07) is 10.5. The van der Waals surface area contributed by atoms with Gasteiger partial charge in [-0.15, -0.1) is 0 Å². The molecular formula is C25H31FN4O4S2. The number of hydrogen-bond acceptors (Lipinski definition) is 7. The number of halogens is 1. The van der Waals surface area contributed by atoms with Crippen LogP contribution >= 0.6 is 11.3 Å². The largest absolute Gasteiger partial charge is 0.497 e. The molecule has 0 atom stereocenters. The summed E-state index contributed by atoms with van der Waals surface area (Å²) in [5.41, 5.74) is 0.807. The number of ether oxygens (including phenoxy) is 1. The second-order valence-electron chi connectivity index (χ2n) is 9.11. The van der Waals surface area contributed by atoms with Gasteiger partial charge in [0.05, 0.1) is 22.2 Å². The average molecular weight is 535 g/mol. The van der Waals surface area contributed by atoms with Crippen molar-refractivity contribution in [3.63, 3.8) is 0 Å². The van der Waals surface area contributed by atoms with E-state index in [0.29, 0.717) is 24.5 Å². The molecule has 1 aliphatic rings. The van der Waals surface area contributed by atoms with Crippen LogP contribution in [-0.4, -0.2) is 75.9 Å². The van der Waals surface area contributed by atoms with Gasteiger partial charge in [0.1, 0.15) is 11.6 Å². The van der Waals surface area contributed by atoms with Crippen molar-refractivity contribution in [1.82, 2.24) is 14.2 Å². The van der Waals surface area contributed by atoms with Crippen molar-refractivity contribution in [2.75, 3.05) is 52.3 Å². The highest BCUT2D eigenvalue weighted by molar-refractivity contribution is 7.89. The van der Waals surface area contributed by atoms with Crippen LogP contribution in [0.4, 0.5) is 9.52 Å². The number of nitrogens with zero attached hydrogens (tertiary/aromatic N) is 4. The number of aromatic nitrogens is 1. The maximum atomic E-state index is 13.7. The summed E-state index contributed by atoms with van der Waals surface area (Å²) < 4.78 is 46.8. The van der Waals surface area contributed by atoms with Crippen molar-refractivity contribution in [1.29, 1.82) is 0 Å². The molecule has 1 aromatic heterocycles. The quantitative estimate of drug-likeness (QED) is 0.415. The Kier molecular flexibility index (Phi) is 8.23. The molecular weight excluding hydrogens is 503 g/mol. The molecule has 0 saturated carbocycles. The highest BCUT2D eigenvalue weighted by Crippen LogP contribution is 2.34. The summed E-state index contributed by atoms with van der Waals surface area (Å²) in [7, 11) is 1.87. The van der Waals surface area contributed by atoms with E-state index in [-0.39, 0.29) is 29.8 Å². The zero-order valence-electron chi connectivity index (χ0n) is 20.7. The molecule has 2 aromatic carbocycles. The minimum Gasteiger partial charge on any atom is -0.497 e. The van der Waals surface area contributed by atoms with E-state index in [9.17, 15) is 17.6 Å². The Morgan fingerprint density at radius 1 is 1.14 bits per heavy atom. The lowest BCUT2D eigenvalue weighted by Gasteiger charge is -2.33. The number of hydrogen-bond donors (Lipinski definition) is 0. The Bertz CT molecular complexity index is 1300. The number of methoxy groups -OCH3 is 1. The van der Waals surface area contributed by atoms with Crippen molar-refractivity contribution in [2.24, 2.45) is 5.92 Å². The second-order valence-corrected chi connectivity index (χ2v) is 12.1. The normalized spacial score (nSPS) is 15.5. The zero-order valence-corrected chi connectivity index (χ0v) is 22.3. The fraction of sp³-hybridized carbons (Fsp3) is 0.440. The molecule has 1 fully saturated rings. The Hall–Kier alpha value is -2.60. The van der Waals surface area contributed by atoms with Gasteiger partial charge in [0.2, 0.25) is 15.9 Å². The third kappa shape index (κ3) is 5.86. The van der Waals surface area contributed by atoms with Gasteiger partial charge in [0.15, 0.2) is 5.13 Å². The van der Waals surface area contributed by atoms with Crippen LogP contribution in [0, 0.1) is 11.7 Å². The number of anilines is 1. The first kappa shape index (κ1) is 26.5. The number of thiazole rings is 1. The van der Waals surface area contributed by atoms with Crippen LogP contribution in [0.3, 0.4) is 0 Å². The molecule has 1 amide bonds. The first-order valence-corrected chi connectivity index (χ1v) is 14.1. The van der Waals surface area contributed by atoms with E-state index in [1.807, 2.05) is 32.3 Å². The van der Waals surface area contributed by atoms with Crippen LogP contribution in [0.15, 0.2) is 47.4 Å². The standard InChI is InChI=1S/C25H31FN4O4S2/c1-28(2)13-4-14-30(25-27-22-10-7-20(34-3)17-23(22)35-25)24(31)18-11-15-29(16-12-18)36(32,33)21-8-5-19(26)6-9-21/h5-10,17-18H,4,11-16H2,1-3H3. The Morgan fingerprint density at radius 2 is 1.83 bits per heavy atom. The third-order valence-electron chi connectivity index (χ3n) is 6.32. The predicted octanol–water partition coefficient (Wildman–Crippen LogP) is 3.83. The molecule has 0 spiro atoms. The number of rotatable bonds is 9. The van der Waals surface area contributed by atoms with E-state index in [2.05, 4.69) is 4.90 Å². The molecule has 0 unspecified atom stereocenters. The van der Waals surface area contributed by atoms with Crippen LogP contribution in [0.1, 0.15) is 19.3 Å². The fourth-order valence-corrected chi connectivity index (χ4v) is 6.79. The molecule has 2 heterocycles. The average Bonchev–Trinajstić information content (AvgIpc) is 3.29. The Balaban J connectivity index is 1.50. The van der Waals surface area contributed by atoms with Crippen LogP contribution in [0.5, 0.6) is 5.75 Å². The molecule has 3 aromatic rings. The molecule has 1 saturated heterocycles. The summed E-state index contributed by atoms with van der Waals surface area (Å²) in [4.78, 5) is 22.3. The van der Waals surface area contributed by atoms with Gasteiger partial charge in [-0.25, -0.2) is 17.8 Å². The summed E-state index contributed by atoms with van der Waals surface area (Å²) in [6.45, 7) is 1.83. The topological polar surface area (TPSA) is 83.1 Å². The Morgan fingerprint density at radius 3 is 2.47 bits per heavy atom. The number of carbonyl (C=O) groups excluding carboxylic acids is 1. The molecule has 0 radical (unpaired) electrons. The molecule has 4 rings (SSSR count). The summed E-state index contributed by atoms with van der Waals surface area (Å²) >= 11 is 1.45. The number of carbonyl (C=O) groups is 1. The van der Waals surface area contributed by atoms with Gasteiger partial charge in [0.25, 0.3) is 0 Å². The van der Waals surface area contributed by atoms with Crippen molar-refractivity contribution in [3.05, 3.63) is 48.3 Å². The lowest BCUT2D eigenvalue weighted by atomic mass is 9.96. The van der Waals surface area contributed by atoms with Gasteiger partial charge < -0.3 is 9.64 Å². The highest BCUT2D eigenvalue weighted by Gasteiger charge is 2.35. The van der Waals surface area contributed by atoms with Crippen LogP contribution in [-0.2, 0) is 14.8 Å². The minimum absolute atomic E-state index is 0.0291. The zero-order chi connectivity index (χ0) is 25.9. The van der Waals surface area contributed by atoms with Crippen LogP contribution in [0.2, 0.25) is 0 Å². The van der Waals surface area contributed by atoms with E-state index in [1.54, 1.807) is 12.0 Å². The van der Waals surface area contributed by atoms with E-state index in [4.69, 9.17) is 9.72 Å². The van der Waals surface area contributed by atoms with E-state index >= 15 is 0 Å². The first-order chi connectivity index (χ1) is 17.2. The number of sulfonamides is 1. The predicted molar refractivity (Wildman–Crippen MR) is 140 cm³/mol. The number of piperidine rings is 1. The van der Waals surface area contributed by atoms with Gasteiger partial charge in [-0.05, 0) is 82.4 Å². The second kappa shape index (κ2) is 11.2. The molecule has 0 aliphatic carbocycles. The smallest absolute Gasteiger partial charge is 0.243 e. The SMILES string of the molecule is COc1ccc2nc(N(CCCN(C)C)C(=O)C3CCN(S(=O)(=O)c4ccc(F)cc4)CC3)sc2c1. The summed E-state index contributed by atoms with van der Waals surface area (Å²) in [6.07, 6.45) is 1.63. The molecule has 36 heavy (non-hydrogen) atoms. The van der Waals surface area contributed by atoms with Crippen molar-refractivity contribution < 1.29 is 22.3 Å². The molecule has 8 nitrogen and oxygen atoms in total. The van der Waals surface area contributed by atoms with Gasteiger partial charge in [0, 0.05) is 25.6 Å². The highest BCUT2D eigenvalue weighted by atomic mass is 32.2. The number of benzene rings is 2. The fourth-order valence-electron chi connectivity index (χ4n) is 4.30. The first-order valence-electron chi connectivity index (χ1n) is 11.9. The maximum absolute atomic E-state index is 13.7. The monoisotopic (exact) mass is 534 g/mol. The number of amides is 1. The number of fused-ring (bicyclic) bond motifs is 1. The van der Waals surface area contributed by atoms with Crippen LogP contribution < -0.4 is 9.64 Å². The summed E-state index contributed by atoms with van der Waals surface area (Å²) in [5, 5.41) is 0.642. The van der Waals surface area contributed by atoms with Crippen molar-refractivity contribution in [2.45, 2.75) is 24.2 Å². The maximum Gasteiger partial charge on any atom is 0.243 e. The van der Waals surface area contributed by atoms with Crippen molar-refractivity contribution >= 4 is 42.6 Å². The minimum atomic E-state index is -3.73. The lowest BCUT2D eigenvalue weighted by molar-refractivity contribution is -0.123. The van der Waals surface area contributed by atoms with Gasteiger partial charge in [-0.3, -0.25) is 9.69 Å². The van der Waals surface area contributed by atoms with E-state index in [1.165, 1.54) is 27.8 Å². The van der Waals surface area contributed by atoms with E-state index in [0.717, 1.165) is 41.1 Å². The Labute approximate surface area is 215 Å². The molecule has 0 bridgehead atoms. The lowest BCUT2D eigenvalue weighted by Crippen LogP contribution is -2.45. The third-order valence-corrected chi connectivity index (χ3v) is 9.28. The van der Waals surface area contributed by atoms with Gasteiger partial charge >= 0.3 is 0 Å². The molecule has 194 valence electrons. The molecule has 11 heteroatoms. The van der Waals surface area contributed by atoms with Gasteiger partial charge in [-0.2, -0.15) is 4.31 Å². The van der Waals surface area contributed by atoms with E-state index < -0.39 is 15.8 Å². The molecule has 0 N–H and O–H groups in total. The van der Waals surface area contributed by atoms with Crippen LogP contribution in [0.25, 0.3) is 10.2 Å².